The topological polar surface area (TPSA) is 24.5 Å². The summed E-state index contributed by atoms with van der Waals surface area (Å²) in [7, 11) is 2.15. The lowest BCUT2D eigenvalue weighted by Crippen LogP contribution is -2.28. The van der Waals surface area contributed by atoms with Crippen LogP contribution in [0, 0.1) is 0 Å². The van der Waals surface area contributed by atoms with Crippen LogP contribution in [0.3, 0.4) is 0 Å². The first kappa shape index (κ1) is 14.0. The second-order valence-electron chi connectivity index (χ2n) is 4.17. The minimum atomic E-state index is 0.724. The van der Waals surface area contributed by atoms with Crippen molar-refractivity contribution in [1.29, 1.82) is 0 Å². The summed E-state index contributed by atoms with van der Waals surface area (Å²) >= 11 is 0. The Hall–Kier alpha value is -1.06. The maximum absolute atomic E-state index is 5.42. The van der Waals surface area contributed by atoms with E-state index in [9.17, 15) is 0 Å². The Morgan fingerprint density at radius 3 is 2.47 bits per heavy atom. The summed E-state index contributed by atoms with van der Waals surface area (Å²) in [5, 5.41) is 3.33. The zero-order valence-corrected chi connectivity index (χ0v) is 11.2. The van der Waals surface area contributed by atoms with Gasteiger partial charge in [0.05, 0.1) is 6.61 Å². The predicted molar refractivity (Wildman–Crippen MR) is 72.5 cm³/mol. The van der Waals surface area contributed by atoms with Crippen LogP contribution in [0.1, 0.15) is 19.4 Å². The van der Waals surface area contributed by atoms with Crippen molar-refractivity contribution in [1.82, 2.24) is 10.2 Å². The largest absolute Gasteiger partial charge is 0.494 e. The SMILES string of the molecule is CCNCCN(C)Cc1ccc(OCC)cc1. The lowest BCUT2D eigenvalue weighted by Gasteiger charge is -2.17. The zero-order valence-electron chi connectivity index (χ0n) is 11.2. The predicted octanol–water partition coefficient (Wildman–Crippen LogP) is 2.13. The molecule has 0 aliphatic rings. The molecule has 0 heterocycles. The summed E-state index contributed by atoms with van der Waals surface area (Å²) in [6.45, 7) is 9.00. The fourth-order valence-electron chi connectivity index (χ4n) is 1.70. The van der Waals surface area contributed by atoms with Gasteiger partial charge in [-0.15, -0.1) is 0 Å². The molecule has 0 bridgehead atoms. The first-order valence-electron chi connectivity index (χ1n) is 6.37. The number of hydrogen-bond donors (Lipinski definition) is 1. The third-order valence-corrected chi connectivity index (χ3v) is 2.61. The van der Waals surface area contributed by atoms with Crippen LogP contribution in [-0.4, -0.2) is 38.2 Å². The number of rotatable bonds is 8. The molecule has 0 saturated heterocycles. The van der Waals surface area contributed by atoms with Gasteiger partial charge in [0.15, 0.2) is 0 Å². The first-order valence-corrected chi connectivity index (χ1v) is 6.37. The van der Waals surface area contributed by atoms with Crippen molar-refractivity contribution in [2.45, 2.75) is 20.4 Å². The van der Waals surface area contributed by atoms with Crippen LogP contribution in [0.4, 0.5) is 0 Å². The Morgan fingerprint density at radius 1 is 1.18 bits per heavy atom. The third kappa shape index (κ3) is 5.71. The van der Waals surface area contributed by atoms with Gasteiger partial charge in [0, 0.05) is 19.6 Å². The van der Waals surface area contributed by atoms with E-state index in [2.05, 4.69) is 36.3 Å². The Labute approximate surface area is 105 Å². The van der Waals surface area contributed by atoms with E-state index in [1.54, 1.807) is 0 Å². The fourth-order valence-corrected chi connectivity index (χ4v) is 1.70. The van der Waals surface area contributed by atoms with E-state index in [0.717, 1.165) is 38.5 Å². The maximum Gasteiger partial charge on any atom is 0.119 e. The lowest BCUT2D eigenvalue weighted by molar-refractivity contribution is 0.324. The molecule has 1 aromatic carbocycles. The summed E-state index contributed by atoms with van der Waals surface area (Å²) in [5.41, 5.74) is 1.33. The number of nitrogens with zero attached hydrogens (tertiary/aromatic N) is 1. The van der Waals surface area contributed by atoms with Gasteiger partial charge in [-0.3, -0.25) is 0 Å². The minimum Gasteiger partial charge on any atom is -0.494 e. The van der Waals surface area contributed by atoms with Gasteiger partial charge in [-0.1, -0.05) is 19.1 Å². The van der Waals surface area contributed by atoms with E-state index in [1.807, 2.05) is 19.1 Å². The van der Waals surface area contributed by atoms with Gasteiger partial charge in [0.25, 0.3) is 0 Å². The van der Waals surface area contributed by atoms with Crippen LogP contribution in [0.25, 0.3) is 0 Å². The van der Waals surface area contributed by atoms with Gasteiger partial charge in [-0.25, -0.2) is 0 Å². The number of hydrogen-bond acceptors (Lipinski definition) is 3. The van der Waals surface area contributed by atoms with Crippen molar-refractivity contribution in [2.24, 2.45) is 0 Å². The summed E-state index contributed by atoms with van der Waals surface area (Å²) in [6.07, 6.45) is 0. The van der Waals surface area contributed by atoms with Gasteiger partial charge in [-0.05, 0) is 38.2 Å². The molecule has 96 valence electrons. The summed E-state index contributed by atoms with van der Waals surface area (Å²) in [4.78, 5) is 2.32. The summed E-state index contributed by atoms with van der Waals surface area (Å²) in [5.74, 6) is 0.951. The number of benzene rings is 1. The molecule has 0 aliphatic carbocycles. The van der Waals surface area contributed by atoms with Crippen LogP contribution in [-0.2, 0) is 6.54 Å². The summed E-state index contributed by atoms with van der Waals surface area (Å²) < 4.78 is 5.42. The average molecular weight is 236 g/mol. The van der Waals surface area contributed by atoms with E-state index in [0.29, 0.717) is 0 Å². The molecule has 1 rings (SSSR count). The first-order chi connectivity index (χ1) is 8.26. The normalized spacial score (nSPS) is 10.8. The minimum absolute atomic E-state index is 0.724. The quantitative estimate of drug-likeness (QED) is 0.700. The summed E-state index contributed by atoms with van der Waals surface area (Å²) in [6, 6.07) is 8.34. The van der Waals surface area contributed by atoms with Gasteiger partial charge in [-0.2, -0.15) is 0 Å². The second-order valence-corrected chi connectivity index (χ2v) is 4.17. The molecule has 0 unspecified atom stereocenters. The van der Waals surface area contributed by atoms with E-state index in [-0.39, 0.29) is 0 Å². The molecule has 0 aromatic heterocycles. The van der Waals surface area contributed by atoms with E-state index >= 15 is 0 Å². The number of nitrogens with one attached hydrogen (secondary N) is 1. The van der Waals surface area contributed by atoms with Crippen molar-refractivity contribution in [3.63, 3.8) is 0 Å². The van der Waals surface area contributed by atoms with Crippen LogP contribution in [0.2, 0.25) is 0 Å². The monoisotopic (exact) mass is 236 g/mol. The molecular formula is C14H24N2O. The molecule has 0 saturated carbocycles. The van der Waals surface area contributed by atoms with Gasteiger partial charge in [0.2, 0.25) is 0 Å². The van der Waals surface area contributed by atoms with Crippen LogP contribution in [0.15, 0.2) is 24.3 Å². The number of likely N-dealkylation sites (N-methyl/N-ethyl adjacent to an activating group) is 2. The van der Waals surface area contributed by atoms with Gasteiger partial charge >= 0.3 is 0 Å². The Balaban J connectivity index is 2.34. The maximum atomic E-state index is 5.42. The third-order valence-electron chi connectivity index (χ3n) is 2.61. The van der Waals surface area contributed by atoms with Crippen LogP contribution < -0.4 is 10.1 Å². The molecule has 1 N–H and O–H groups in total. The highest BCUT2D eigenvalue weighted by Crippen LogP contribution is 2.12. The zero-order chi connectivity index (χ0) is 12.5. The van der Waals surface area contributed by atoms with Gasteiger partial charge < -0.3 is 15.0 Å². The molecule has 3 nitrogen and oxygen atoms in total. The Kier molecular flexibility index (Phi) is 6.67. The molecule has 1 aromatic rings. The highest BCUT2D eigenvalue weighted by molar-refractivity contribution is 5.27. The van der Waals surface area contributed by atoms with Crippen LogP contribution >= 0.6 is 0 Å². The number of ether oxygens (including phenoxy) is 1. The molecule has 3 heteroatoms. The standard InChI is InChI=1S/C14H24N2O/c1-4-15-10-11-16(3)12-13-6-8-14(9-7-13)17-5-2/h6-9,15H,4-5,10-12H2,1-3H3. The van der Waals surface area contributed by atoms with E-state index in [4.69, 9.17) is 4.74 Å². The molecule has 0 fully saturated rings. The van der Waals surface area contributed by atoms with Crippen molar-refractivity contribution in [3.8, 4) is 5.75 Å². The molecule has 0 aliphatic heterocycles. The second kappa shape index (κ2) is 8.09. The lowest BCUT2D eigenvalue weighted by atomic mass is 10.2. The van der Waals surface area contributed by atoms with E-state index < -0.39 is 0 Å². The van der Waals surface area contributed by atoms with Crippen molar-refractivity contribution in [2.75, 3.05) is 33.3 Å². The van der Waals surface area contributed by atoms with Crippen LogP contribution in [0.5, 0.6) is 5.75 Å². The van der Waals surface area contributed by atoms with Crippen molar-refractivity contribution < 1.29 is 4.74 Å². The molecule has 0 atom stereocenters. The van der Waals surface area contributed by atoms with Gasteiger partial charge in [0.1, 0.15) is 5.75 Å². The Bertz CT molecular complexity index is 298. The molecule has 0 spiro atoms. The molecule has 0 amide bonds. The molecule has 17 heavy (non-hydrogen) atoms. The smallest absolute Gasteiger partial charge is 0.119 e. The van der Waals surface area contributed by atoms with E-state index in [1.165, 1.54) is 5.56 Å². The highest BCUT2D eigenvalue weighted by atomic mass is 16.5. The Morgan fingerprint density at radius 2 is 1.88 bits per heavy atom. The highest BCUT2D eigenvalue weighted by Gasteiger charge is 2.00. The average Bonchev–Trinajstić information content (AvgIpc) is 2.32. The molecule has 0 radical (unpaired) electrons. The fraction of sp³-hybridized carbons (Fsp3) is 0.571. The van der Waals surface area contributed by atoms with Crippen molar-refractivity contribution >= 4 is 0 Å². The van der Waals surface area contributed by atoms with Crippen molar-refractivity contribution in [3.05, 3.63) is 29.8 Å². The molecular weight excluding hydrogens is 212 g/mol.